The Balaban J connectivity index is 1.11. The number of urea groups is 1. The Morgan fingerprint density at radius 1 is 1.14 bits per heavy atom. The lowest BCUT2D eigenvalue weighted by Gasteiger charge is -2.16. The molecule has 1 radical (unpaired) electrons. The first-order valence-electron chi connectivity index (χ1n) is 10.8. The number of rotatable bonds is 13. The zero-order valence-electron chi connectivity index (χ0n) is 17.0. The van der Waals surface area contributed by atoms with Gasteiger partial charge in [-0.2, -0.15) is 11.8 Å². The number of fused-ring (bicyclic) bond motifs is 1. The molecule has 6 nitrogen and oxygen atoms in total. The molecule has 0 spiro atoms. The number of hydrogen-bond donors (Lipinski definition) is 3. The number of hydrogen-bond acceptors (Lipinski definition) is 4. The van der Waals surface area contributed by atoms with Gasteiger partial charge in [-0.25, -0.2) is 4.79 Å². The second kappa shape index (κ2) is 12.0. The third-order valence-electron chi connectivity index (χ3n) is 5.43. The fraction of sp³-hybridized carbons (Fsp3) is 0.636. The maximum Gasteiger partial charge on any atom is 0.315 e. The first kappa shape index (κ1) is 21.8. The third-order valence-corrected chi connectivity index (χ3v) is 6.94. The van der Waals surface area contributed by atoms with Crippen molar-refractivity contribution in [1.82, 2.24) is 16.0 Å². The van der Waals surface area contributed by atoms with Crippen LogP contribution in [0.1, 0.15) is 51.4 Å². The molecule has 2 fully saturated rings. The minimum Gasteiger partial charge on any atom is -0.494 e. The molecule has 1 aromatic carbocycles. The highest BCUT2D eigenvalue weighted by molar-refractivity contribution is 8.00. The van der Waals surface area contributed by atoms with Crippen LogP contribution in [0.4, 0.5) is 4.79 Å². The fourth-order valence-corrected chi connectivity index (χ4v) is 5.37. The number of unbranched alkanes of at least 4 members (excludes halogenated alkanes) is 4. The quantitative estimate of drug-likeness (QED) is 0.339. The third kappa shape index (κ3) is 7.46. The van der Waals surface area contributed by atoms with E-state index in [0.29, 0.717) is 11.7 Å². The molecule has 2 aliphatic heterocycles. The van der Waals surface area contributed by atoms with Gasteiger partial charge in [-0.1, -0.05) is 31.4 Å². The van der Waals surface area contributed by atoms with E-state index in [-0.39, 0.29) is 24.0 Å². The lowest BCUT2D eigenvalue weighted by Crippen LogP contribution is -2.36. The van der Waals surface area contributed by atoms with E-state index in [0.717, 1.165) is 69.6 Å². The zero-order chi connectivity index (χ0) is 20.3. The van der Waals surface area contributed by atoms with E-state index in [4.69, 9.17) is 4.74 Å². The molecule has 7 heteroatoms. The second-order valence-corrected chi connectivity index (χ2v) is 8.99. The summed E-state index contributed by atoms with van der Waals surface area (Å²) in [5, 5.41) is 9.48. The summed E-state index contributed by atoms with van der Waals surface area (Å²) in [6, 6.07) is 11.0. The molecule has 2 aliphatic rings. The Bertz CT molecular complexity index is 643. The number of carbonyl (C=O) groups excluding carboxylic acids is 2. The number of benzene rings is 1. The van der Waals surface area contributed by atoms with Crippen LogP contribution >= 0.6 is 11.8 Å². The van der Waals surface area contributed by atoms with Crippen molar-refractivity contribution in [1.29, 1.82) is 0 Å². The smallest absolute Gasteiger partial charge is 0.315 e. The SMILES string of the molecule is O=C(CCCC[C@H]1SC[C@H]2NC(=O)N[C@H]21)NCCCCCCOc1cc[c]cc1. The van der Waals surface area contributed by atoms with Crippen LogP contribution in [0.3, 0.4) is 0 Å². The molecule has 0 aromatic heterocycles. The largest absolute Gasteiger partial charge is 0.494 e. The number of amides is 3. The van der Waals surface area contributed by atoms with Gasteiger partial charge in [0.2, 0.25) is 5.91 Å². The number of carbonyl (C=O) groups is 2. The van der Waals surface area contributed by atoms with E-state index in [1.54, 1.807) is 0 Å². The molecule has 3 atom stereocenters. The zero-order valence-corrected chi connectivity index (χ0v) is 17.8. The summed E-state index contributed by atoms with van der Waals surface area (Å²) in [5.41, 5.74) is 0. The molecule has 3 rings (SSSR count). The second-order valence-electron chi connectivity index (χ2n) is 7.72. The van der Waals surface area contributed by atoms with E-state index >= 15 is 0 Å². The van der Waals surface area contributed by atoms with Crippen LogP contribution < -0.4 is 20.7 Å². The standard InChI is InChI=1S/C22H32N3O3S/c26-20(13-7-6-12-19-21-18(16-29-19)24-22(27)25-21)23-14-8-1-2-9-15-28-17-10-4-3-5-11-17/h4-5,10-11,18-19,21H,1-2,6-9,12-16H2,(H,23,26)(H2,24,25,27)/t18-,19-,21-/m1/s1. The molecule has 2 saturated heterocycles. The lowest BCUT2D eigenvalue weighted by molar-refractivity contribution is -0.121. The Hall–Kier alpha value is -1.89. The van der Waals surface area contributed by atoms with E-state index < -0.39 is 0 Å². The van der Waals surface area contributed by atoms with Crippen molar-refractivity contribution in [3.63, 3.8) is 0 Å². The average molecular weight is 419 g/mol. The first-order chi connectivity index (χ1) is 14.2. The van der Waals surface area contributed by atoms with Crippen molar-refractivity contribution in [2.24, 2.45) is 0 Å². The molecule has 3 N–H and O–H groups in total. The van der Waals surface area contributed by atoms with Crippen LogP contribution in [0.25, 0.3) is 0 Å². The Kier molecular flexibility index (Phi) is 8.99. The molecule has 2 heterocycles. The topological polar surface area (TPSA) is 79.5 Å². The molecule has 0 saturated carbocycles. The molecule has 0 unspecified atom stereocenters. The van der Waals surface area contributed by atoms with Crippen molar-refractivity contribution < 1.29 is 14.3 Å². The van der Waals surface area contributed by atoms with Gasteiger partial charge < -0.3 is 20.7 Å². The van der Waals surface area contributed by atoms with E-state index in [1.807, 2.05) is 36.0 Å². The van der Waals surface area contributed by atoms with Gasteiger partial charge in [-0.15, -0.1) is 0 Å². The molecule has 1 aromatic rings. The van der Waals surface area contributed by atoms with Crippen LogP contribution in [-0.4, -0.2) is 48.2 Å². The van der Waals surface area contributed by atoms with Gasteiger partial charge in [0.05, 0.1) is 18.7 Å². The summed E-state index contributed by atoms with van der Waals surface area (Å²) < 4.78 is 5.66. The van der Waals surface area contributed by atoms with Gasteiger partial charge in [0.25, 0.3) is 0 Å². The van der Waals surface area contributed by atoms with E-state index in [1.165, 1.54) is 0 Å². The number of thioether (sulfide) groups is 1. The molecule has 3 amide bonds. The Labute approximate surface area is 177 Å². The Morgan fingerprint density at radius 3 is 2.83 bits per heavy atom. The van der Waals surface area contributed by atoms with Crippen molar-refractivity contribution >= 4 is 23.7 Å². The van der Waals surface area contributed by atoms with Gasteiger partial charge in [-0.05, 0) is 43.9 Å². The summed E-state index contributed by atoms with van der Waals surface area (Å²) in [5.74, 6) is 2.04. The molecule has 159 valence electrons. The molecular formula is C22H32N3O3S. The average Bonchev–Trinajstić information content (AvgIpc) is 3.27. The van der Waals surface area contributed by atoms with Gasteiger partial charge in [0.1, 0.15) is 5.75 Å². The summed E-state index contributed by atoms with van der Waals surface area (Å²) in [7, 11) is 0. The van der Waals surface area contributed by atoms with Crippen molar-refractivity contribution in [2.75, 3.05) is 18.9 Å². The van der Waals surface area contributed by atoms with Gasteiger partial charge >= 0.3 is 6.03 Å². The van der Waals surface area contributed by atoms with Gasteiger partial charge in [0, 0.05) is 24.0 Å². The summed E-state index contributed by atoms with van der Waals surface area (Å²) in [6.45, 7) is 1.49. The number of ether oxygens (including phenoxy) is 1. The van der Waals surface area contributed by atoms with Crippen LogP contribution in [0.2, 0.25) is 0 Å². The summed E-state index contributed by atoms with van der Waals surface area (Å²) >= 11 is 1.93. The highest BCUT2D eigenvalue weighted by Gasteiger charge is 2.42. The van der Waals surface area contributed by atoms with Gasteiger partial charge in [-0.3, -0.25) is 4.79 Å². The first-order valence-corrected chi connectivity index (χ1v) is 11.8. The lowest BCUT2D eigenvalue weighted by atomic mass is 10.0. The van der Waals surface area contributed by atoms with Crippen molar-refractivity contribution in [2.45, 2.75) is 68.7 Å². The summed E-state index contributed by atoms with van der Waals surface area (Å²) in [6.07, 6.45) is 7.86. The predicted octanol–water partition coefficient (Wildman–Crippen LogP) is 3.27. The van der Waals surface area contributed by atoms with Crippen LogP contribution in [0.15, 0.2) is 24.3 Å². The molecule has 0 aliphatic carbocycles. The van der Waals surface area contributed by atoms with Crippen LogP contribution in [-0.2, 0) is 4.79 Å². The minimum atomic E-state index is -0.0350. The van der Waals surface area contributed by atoms with Crippen LogP contribution in [0, 0.1) is 6.07 Å². The Morgan fingerprint density at radius 2 is 1.97 bits per heavy atom. The summed E-state index contributed by atoms with van der Waals surface area (Å²) in [4.78, 5) is 23.3. The number of nitrogens with one attached hydrogen (secondary N) is 3. The maximum atomic E-state index is 12.0. The monoisotopic (exact) mass is 418 g/mol. The van der Waals surface area contributed by atoms with E-state index in [9.17, 15) is 9.59 Å². The normalized spacial score (nSPS) is 22.6. The predicted molar refractivity (Wildman–Crippen MR) is 116 cm³/mol. The van der Waals surface area contributed by atoms with Crippen LogP contribution in [0.5, 0.6) is 5.75 Å². The maximum absolute atomic E-state index is 12.0. The highest BCUT2D eigenvalue weighted by Crippen LogP contribution is 2.33. The molecular weight excluding hydrogens is 386 g/mol. The van der Waals surface area contributed by atoms with Gasteiger partial charge in [0.15, 0.2) is 0 Å². The fourth-order valence-electron chi connectivity index (χ4n) is 3.83. The highest BCUT2D eigenvalue weighted by atomic mass is 32.2. The molecule has 29 heavy (non-hydrogen) atoms. The molecule has 0 bridgehead atoms. The van der Waals surface area contributed by atoms with Crippen molar-refractivity contribution in [3.8, 4) is 5.75 Å². The van der Waals surface area contributed by atoms with E-state index in [2.05, 4.69) is 22.0 Å². The van der Waals surface area contributed by atoms with Crippen molar-refractivity contribution in [3.05, 3.63) is 30.3 Å². The minimum absolute atomic E-state index is 0.0350.